The van der Waals surface area contributed by atoms with Crippen molar-refractivity contribution < 1.29 is 59.8 Å². The van der Waals surface area contributed by atoms with Crippen LogP contribution in [-0.2, 0) is 18.9 Å². The number of aliphatic hydroxyl groups is 8. The molecule has 0 bridgehead atoms. The summed E-state index contributed by atoms with van der Waals surface area (Å²) in [4.78, 5) is 2.51. The fraction of sp³-hybridized carbons (Fsp3) is 1.00. The van der Waals surface area contributed by atoms with Gasteiger partial charge in [-0.2, -0.15) is 0 Å². The third kappa shape index (κ3) is 8.16. The summed E-state index contributed by atoms with van der Waals surface area (Å²) in [5.74, 6) is 0.217. The van der Waals surface area contributed by atoms with E-state index >= 15 is 0 Å². The van der Waals surface area contributed by atoms with E-state index < -0.39 is 74.6 Å². The van der Waals surface area contributed by atoms with Crippen molar-refractivity contribution in [1.29, 1.82) is 0 Å². The lowest BCUT2D eigenvalue weighted by atomic mass is 9.99. The van der Waals surface area contributed by atoms with Crippen molar-refractivity contribution in [3.8, 4) is 0 Å². The second-order valence-electron chi connectivity index (χ2n) is 6.78. The number of hydrogen-bond donors (Lipinski definition) is 8. The summed E-state index contributed by atoms with van der Waals surface area (Å²) in [5.41, 5.74) is 8.03. The highest BCUT2D eigenvalue weighted by atomic mass is 35.5. The summed E-state index contributed by atoms with van der Waals surface area (Å²) in [7, 11) is 0. The zero-order chi connectivity index (χ0) is 24.3. The van der Waals surface area contributed by atoms with Crippen LogP contribution in [0.1, 0.15) is 0 Å². The molecule has 15 nitrogen and oxygen atoms in total. The van der Waals surface area contributed by atoms with Gasteiger partial charge in [-0.3, -0.25) is 0 Å². The summed E-state index contributed by atoms with van der Waals surface area (Å²) in [5, 5.41) is 77.6. The van der Waals surface area contributed by atoms with Crippen molar-refractivity contribution in [2.75, 3.05) is 38.9 Å². The van der Waals surface area contributed by atoms with Gasteiger partial charge in [-0.25, -0.2) is 0 Å². The van der Waals surface area contributed by atoms with Crippen LogP contribution in [0.25, 0.3) is 10.4 Å². The van der Waals surface area contributed by atoms with Crippen LogP contribution in [-0.4, -0.2) is 141 Å². The predicted molar refractivity (Wildman–Crippen MR) is 104 cm³/mol. The Balaban J connectivity index is 0.000000323. The van der Waals surface area contributed by atoms with Crippen molar-refractivity contribution in [1.82, 2.24) is 0 Å². The van der Waals surface area contributed by atoms with Crippen LogP contribution in [0.5, 0.6) is 0 Å². The highest BCUT2D eigenvalue weighted by Gasteiger charge is 2.44. The van der Waals surface area contributed by atoms with Crippen LogP contribution in [0.15, 0.2) is 5.11 Å². The van der Waals surface area contributed by atoms with Gasteiger partial charge >= 0.3 is 0 Å². The molecule has 2 saturated heterocycles. The Kier molecular flexibility index (Phi) is 13.8. The van der Waals surface area contributed by atoms with Crippen molar-refractivity contribution in [3.63, 3.8) is 0 Å². The standard InChI is InChI=1S/C8H15ClO6.C8H15N3O6/c9-1-2-14-8-7(13)6(12)5(11)4(3-10)15-8;9-11-10-1-2-16-8-7(15)6(14)5(13)4(3-12)17-8/h4-8,10-13H,1-3H2;4-8,12-15H,1-3H2/t2*4-,5-,6+,7+,8+/m11/s1. The predicted octanol–water partition coefficient (Wildman–Crippen LogP) is -3.85. The molecule has 16 heteroatoms. The van der Waals surface area contributed by atoms with E-state index in [4.69, 9.17) is 46.3 Å². The highest BCUT2D eigenvalue weighted by molar-refractivity contribution is 6.17. The van der Waals surface area contributed by atoms with Gasteiger partial charge in [-0.05, 0) is 5.53 Å². The van der Waals surface area contributed by atoms with Gasteiger partial charge in [0.05, 0.1) is 26.4 Å². The monoisotopic (exact) mass is 491 g/mol. The summed E-state index contributed by atoms with van der Waals surface area (Å²) in [6.45, 7) is -0.796. The van der Waals surface area contributed by atoms with E-state index in [1.54, 1.807) is 0 Å². The van der Waals surface area contributed by atoms with E-state index in [9.17, 15) is 30.6 Å². The SMILES string of the molecule is OC[C@H]1O[C@H](OCCCl)[C@@H](O)[C@@H](O)[C@@H]1O.[N-]=[N+]=NCCO[C@H]1O[C@H](CO)[C@@H](O)[C@H](O)[C@@H]1O. The number of azide groups is 1. The number of halogens is 1. The maximum Gasteiger partial charge on any atom is 0.186 e. The molecule has 0 unspecified atom stereocenters. The van der Waals surface area contributed by atoms with E-state index in [0.29, 0.717) is 0 Å². The summed E-state index contributed by atoms with van der Waals surface area (Å²) >= 11 is 5.38. The Morgan fingerprint density at radius 1 is 0.750 bits per heavy atom. The Labute approximate surface area is 187 Å². The molecule has 0 aromatic rings. The Morgan fingerprint density at radius 2 is 1.19 bits per heavy atom. The molecule has 2 heterocycles. The van der Waals surface area contributed by atoms with Crippen molar-refractivity contribution in [2.45, 2.75) is 61.4 Å². The zero-order valence-electron chi connectivity index (χ0n) is 16.9. The molecular weight excluding hydrogens is 462 g/mol. The average Bonchev–Trinajstić information content (AvgIpc) is 2.80. The first-order valence-electron chi connectivity index (χ1n) is 9.64. The van der Waals surface area contributed by atoms with Crippen LogP contribution in [0.4, 0.5) is 0 Å². The van der Waals surface area contributed by atoms with Gasteiger partial charge in [-0.1, -0.05) is 5.11 Å². The van der Waals surface area contributed by atoms with Crippen molar-refractivity contribution in [3.05, 3.63) is 10.4 Å². The van der Waals surface area contributed by atoms with Gasteiger partial charge in [-0.15, -0.1) is 11.6 Å². The molecule has 2 aliphatic heterocycles. The van der Waals surface area contributed by atoms with Gasteiger partial charge in [0.15, 0.2) is 12.6 Å². The molecule has 2 aliphatic rings. The molecule has 0 saturated carbocycles. The average molecular weight is 492 g/mol. The topological polar surface area (TPSA) is 248 Å². The molecule has 0 aliphatic carbocycles. The first-order chi connectivity index (χ1) is 15.2. The number of aliphatic hydroxyl groups excluding tert-OH is 8. The molecule has 0 aromatic heterocycles. The number of hydrogen-bond acceptors (Lipinski definition) is 13. The molecule has 188 valence electrons. The molecule has 0 amide bonds. The molecule has 0 spiro atoms. The van der Waals surface area contributed by atoms with Gasteiger partial charge in [0.1, 0.15) is 48.8 Å². The first kappa shape index (κ1) is 29.2. The fourth-order valence-electron chi connectivity index (χ4n) is 2.83. The van der Waals surface area contributed by atoms with Gasteiger partial charge in [0.2, 0.25) is 0 Å². The summed E-state index contributed by atoms with van der Waals surface area (Å²) in [6, 6.07) is 0. The first-order valence-corrected chi connectivity index (χ1v) is 10.2. The van der Waals surface area contributed by atoms with Crippen LogP contribution < -0.4 is 0 Å². The summed E-state index contributed by atoms with van der Waals surface area (Å²) in [6.07, 6.45) is -12.6. The minimum atomic E-state index is -1.47. The molecule has 2 fully saturated rings. The lowest BCUT2D eigenvalue weighted by molar-refractivity contribution is -0.300. The second-order valence-corrected chi connectivity index (χ2v) is 7.16. The van der Waals surface area contributed by atoms with E-state index in [1.807, 2.05) is 0 Å². The van der Waals surface area contributed by atoms with Crippen molar-refractivity contribution in [2.24, 2.45) is 5.11 Å². The van der Waals surface area contributed by atoms with E-state index in [-0.39, 0.29) is 25.6 Å². The minimum Gasteiger partial charge on any atom is -0.394 e. The molecule has 0 radical (unpaired) electrons. The fourth-order valence-corrected chi connectivity index (χ4v) is 2.91. The lowest BCUT2D eigenvalue weighted by Gasteiger charge is -2.39. The largest absolute Gasteiger partial charge is 0.394 e. The molecule has 8 N–H and O–H groups in total. The second kappa shape index (κ2) is 15.1. The van der Waals surface area contributed by atoms with Gasteiger partial charge in [0.25, 0.3) is 0 Å². The van der Waals surface area contributed by atoms with Crippen LogP contribution in [0.3, 0.4) is 0 Å². The summed E-state index contributed by atoms with van der Waals surface area (Å²) < 4.78 is 20.1. The molecule has 2 rings (SSSR count). The number of ether oxygens (including phenoxy) is 4. The van der Waals surface area contributed by atoms with Gasteiger partial charge < -0.3 is 59.8 Å². The van der Waals surface area contributed by atoms with Gasteiger partial charge in [0, 0.05) is 17.3 Å². The van der Waals surface area contributed by atoms with Crippen molar-refractivity contribution >= 4 is 11.6 Å². The van der Waals surface area contributed by atoms with E-state index in [1.165, 1.54) is 0 Å². The maximum absolute atomic E-state index is 9.53. The number of rotatable bonds is 9. The lowest BCUT2D eigenvalue weighted by Crippen LogP contribution is -2.59. The van der Waals surface area contributed by atoms with Crippen LogP contribution in [0, 0.1) is 0 Å². The quantitative estimate of drug-likeness (QED) is 0.0507. The smallest absolute Gasteiger partial charge is 0.186 e. The maximum atomic E-state index is 9.53. The Morgan fingerprint density at radius 3 is 1.56 bits per heavy atom. The highest BCUT2D eigenvalue weighted by Crippen LogP contribution is 2.22. The number of alkyl halides is 1. The molecule has 32 heavy (non-hydrogen) atoms. The zero-order valence-corrected chi connectivity index (χ0v) is 17.7. The Hall–Kier alpha value is -0.880. The minimum absolute atomic E-state index is 0.00719. The van der Waals surface area contributed by atoms with E-state index in [0.717, 1.165) is 0 Å². The van der Waals surface area contributed by atoms with E-state index in [2.05, 4.69) is 10.0 Å². The third-order valence-electron chi connectivity index (χ3n) is 4.59. The molecule has 10 atom stereocenters. The number of nitrogens with zero attached hydrogens (tertiary/aromatic N) is 3. The molecule has 0 aromatic carbocycles. The molecular formula is C16H30ClN3O12. The third-order valence-corrected chi connectivity index (χ3v) is 4.75. The van der Waals surface area contributed by atoms with Crippen LogP contribution in [0.2, 0.25) is 0 Å². The normalized spacial score (nSPS) is 39.5. The Bertz CT molecular complexity index is 570. The van der Waals surface area contributed by atoms with Crippen LogP contribution >= 0.6 is 11.6 Å².